The second-order valence-corrected chi connectivity index (χ2v) is 5.04. The molecule has 1 aliphatic rings. The molecule has 0 saturated heterocycles. The quantitative estimate of drug-likeness (QED) is 0.662. The van der Waals surface area contributed by atoms with Crippen LogP contribution in [0.15, 0.2) is 0 Å². The molecule has 1 heterocycles. The minimum absolute atomic E-state index is 0.0320. The molecule has 2 atom stereocenters. The average molecular weight is 252 g/mol. The van der Waals surface area contributed by atoms with E-state index in [0.29, 0.717) is 11.6 Å². The van der Waals surface area contributed by atoms with Crippen molar-refractivity contribution in [3.05, 3.63) is 15.8 Å². The second kappa shape index (κ2) is 4.96. The van der Waals surface area contributed by atoms with Crippen LogP contribution in [-0.2, 0) is 0 Å². The number of hydrogen-bond acceptors (Lipinski definition) is 4. The Morgan fingerprint density at radius 3 is 2.72 bits per heavy atom. The Labute approximate surface area is 106 Å². The van der Waals surface area contributed by atoms with E-state index in [0.717, 1.165) is 25.7 Å². The van der Waals surface area contributed by atoms with Gasteiger partial charge in [0.1, 0.15) is 5.69 Å². The Morgan fingerprint density at radius 1 is 1.50 bits per heavy atom. The predicted octanol–water partition coefficient (Wildman–Crippen LogP) is 2.82. The number of anilines is 1. The van der Waals surface area contributed by atoms with Gasteiger partial charge in [-0.05, 0) is 25.7 Å². The predicted molar refractivity (Wildman–Crippen MR) is 69.3 cm³/mol. The molecule has 1 aromatic heterocycles. The highest BCUT2D eigenvalue weighted by molar-refractivity contribution is 5.56. The first-order valence-corrected chi connectivity index (χ1v) is 6.55. The molecular formula is C12H20N4O2. The number of nitro groups is 1. The van der Waals surface area contributed by atoms with Gasteiger partial charge in [-0.3, -0.25) is 10.1 Å². The van der Waals surface area contributed by atoms with Crippen LogP contribution in [0.1, 0.15) is 50.8 Å². The van der Waals surface area contributed by atoms with E-state index in [1.54, 1.807) is 11.6 Å². The van der Waals surface area contributed by atoms with Crippen molar-refractivity contribution >= 4 is 11.5 Å². The van der Waals surface area contributed by atoms with Crippen LogP contribution in [-0.4, -0.2) is 14.7 Å². The van der Waals surface area contributed by atoms with Crippen LogP contribution >= 0.6 is 0 Å². The summed E-state index contributed by atoms with van der Waals surface area (Å²) in [6.07, 6.45) is 5.62. The largest absolute Gasteiger partial charge is 0.378 e. The maximum Gasteiger partial charge on any atom is 0.333 e. The van der Waals surface area contributed by atoms with Crippen molar-refractivity contribution in [2.45, 2.75) is 52.0 Å². The van der Waals surface area contributed by atoms with Gasteiger partial charge in [-0.1, -0.05) is 26.2 Å². The van der Waals surface area contributed by atoms with Crippen molar-refractivity contribution in [2.75, 3.05) is 5.73 Å². The Bertz CT molecular complexity index is 455. The maximum atomic E-state index is 11.0. The average Bonchev–Trinajstić information content (AvgIpc) is 2.64. The number of nitrogens with two attached hydrogens (primary N) is 1. The van der Waals surface area contributed by atoms with E-state index < -0.39 is 4.92 Å². The molecule has 100 valence electrons. The molecule has 1 fully saturated rings. The lowest BCUT2D eigenvalue weighted by atomic mass is 9.83. The summed E-state index contributed by atoms with van der Waals surface area (Å²) in [6.45, 7) is 3.80. The molecule has 0 amide bonds. The van der Waals surface area contributed by atoms with Crippen molar-refractivity contribution < 1.29 is 4.92 Å². The molecule has 1 aromatic rings. The highest BCUT2D eigenvalue weighted by Crippen LogP contribution is 2.39. The molecular weight excluding hydrogens is 232 g/mol. The third kappa shape index (κ3) is 2.07. The lowest BCUT2D eigenvalue weighted by molar-refractivity contribution is -0.384. The van der Waals surface area contributed by atoms with Crippen LogP contribution in [0.4, 0.5) is 11.5 Å². The first kappa shape index (κ1) is 12.9. The summed E-state index contributed by atoms with van der Waals surface area (Å²) in [5.41, 5.74) is 6.29. The molecule has 1 aliphatic carbocycles. The van der Waals surface area contributed by atoms with Crippen LogP contribution in [0.2, 0.25) is 0 Å². The zero-order chi connectivity index (χ0) is 13.3. The van der Waals surface area contributed by atoms with E-state index in [-0.39, 0.29) is 17.5 Å². The first-order valence-electron chi connectivity index (χ1n) is 6.55. The van der Waals surface area contributed by atoms with Crippen molar-refractivity contribution in [1.29, 1.82) is 0 Å². The summed E-state index contributed by atoms with van der Waals surface area (Å²) in [5.74, 6) is 0.739. The van der Waals surface area contributed by atoms with Gasteiger partial charge >= 0.3 is 5.69 Å². The minimum Gasteiger partial charge on any atom is -0.378 e. The Morgan fingerprint density at radius 2 is 2.17 bits per heavy atom. The number of aromatic nitrogens is 2. The van der Waals surface area contributed by atoms with Gasteiger partial charge in [0, 0.05) is 0 Å². The first-order chi connectivity index (χ1) is 8.56. The van der Waals surface area contributed by atoms with E-state index in [1.165, 1.54) is 6.42 Å². The van der Waals surface area contributed by atoms with Gasteiger partial charge in [0.25, 0.3) is 0 Å². The fourth-order valence-corrected chi connectivity index (χ4v) is 3.02. The Kier molecular flexibility index (Phi) is 3.54. The van der Waals surface area contributed by atoms with Crippen molar-refractivity contribution in [3.63, 3.8) is 0 Å². The van der Waals surface area contributed by atoms with Gasteiger partial charge in [0.15, 0.2) is 0 Å². The summed E-state index contributed by atoms with van der Waals surface area (Å²) >= 11 is 0. The zero-order valence-corrected chi connectivity index (χ0v) is 10.9. The molecule has 0 bridgehead atoms. The second-order valence-electron chi connectivity index (χ2n) is 5.04. The third-order valence-electron chi connectivity index (χ3n) is 3.98. The molecule has 6 heteroatoms. The molecule has 2 N–H and O–H groups in total. The standard InChI is InChI=1S/C12H20N4O2/c1-3-9-6-4-5-7-10(9)15-12(13)11(16(17)18)8(2)14-15/h9-10H,3-7,13H2,1-2H3. The van der Waals surface area contributed by atoms with E-state index >= 15 is 0 Å². The van der Waals surface area contributed by atoms with E-state index in [1.807, 2.05) is 0 Å². The van der Waals surface area contributed by atoms with Gasteiger partial charge in [-0.15, -0.1) is 0 Å². The monoisotopic (exact) mass is 252 g/mol. The highest BCUT2D eigenvalue weighted by atomic mass is 16.6. The third-order valence-corrected chi connectivity index (χ3v) is 3.98. The summed E-state index contributed by atoms with van der Waals surface area (Å²) < 4.78 is 1.70. The molecule has 0 aliphatic heterocycles. The van der Waals surface area contributed by atoms with Crippen molar-refractivity contribution in [1.82, 2.24) is 9.78 Å². The van der Waals surface area contributed by atoms with Crippen LogP contribution in [0.5, 0.6) is 0 Å². The van der Waals surface area contributed by atoms with Crippen LogP contribution in [0.25, 0.3) is 0 Å². The molecule has 0 aromatic carbocycles. The minimum atomic E-state index is -0.433. The lowest BCUT2D eigenvalue weighted by Gasteiger charge is -2.31. The zero-order valence-electron chi connectivity index (χ0n) is 10.9. The topological polar surface area (TPSA) is 87.0 Å². The highest BCUT2D eigenvalue weighted by Gasteiger charge is 2.31. The number of rotatable bonds is 3. The van der Waals surface area contributed by atoms with Crippen molar-refractivity contribution in [3.8, 4) is 0 Å². The Balaban J connectivity index is 2.38. The van der Waals surface area contributed by atoms with Crippen molar-refractivity contribution in [2.24, 2.45) is 5.92 Å². The van der Waals surface area contributed by atoms with Crippen LogP contribution in [0.3, 0.4) is 0 Å². The fraction of sp³-hybridized carbons (Fsp3) is 0.750. The Hall–Kier alpha value is -1.59. The number of nitrogen functional groups attached to an aromatic ring is 1. The van der Waals surface area contributed by atoms with Gasteiger partial charge in [-0.25, -0.2) is 4.68 Å². The van der Waals surface area contributed by atoms with E-state index in [2.05, 4.69) is 12.0 Å². The molecule has 18 heavy (non-hydrogen) atoms. The molecule has 0 radical (unpaired) electrons. The molecule has 1 saturated carbocycles. The van der Waals surface area contributed by atoms with E-state index in [9.17, 15) is 10.1 Å². The van der Waals surface area contributed by atoms with Gasteiger partial charge < -0.3 is 5.73 Å². The number of aryl methyl sites for hydroxylation is 1. The number of nitrogens with zero attached hydrogens (tertiary/aromatic N) is 3. The molecule has 6 nitrogen and oxygen atoms in total. The smallest absolute Gasteiger partial charge is 0.333 e. The maximum absolute atomic E-state index is 11.0. The summed E-state index contributed by atoms with van der Waals surface area (Å²) in [6, 6.07) is 0.219. The van der Waals surface area contributed by atoms with Crippen LogP contribution < -0.4 is 5.73 Å². The molecule has 0 spiro atoms. The summed E-state index contributed by atoms with van der Waals surface area (Å²) in [4.78, 5) is 10.5. The van der Waals surface area contributed by atoms with Gasteiger partial charge in [-0.2, -0.15) is 5.10 Å². The van der Waals surface area contributed by atoms with Crippen LogP contribution in [0, 0.1) is 23.0 Å². The normalized spacial score (nSPS) is 24.1. The molecule has 2 unspecified atom stereocenters. The summed E-state index contributed by atoms with van der Waals surface area (Å²) in [5, 5.41) is 15.3. The van der Waals surface area contributed by atoms with E-state index in [4.69, 9.17) is 5.73 Å². The SMILES string of the molecule is CCC1CCCCC1n1nc(C)c([N+](=O)[O-])c1N. The molecule has 2 rings (SSSR count). The lowest BCUT2D eigenvalue weighted by Crippen LogP contribution is -2.25. The summed E-state index contributed by atoms with van der Waals surface area (Å²) in [7, 11) is 0. The van der Waals surface area contributed by atoms with Gasteiger partial charge in [0.05, 0.1) is 11.0 Å². The van der Waals surface area contributed by atoms with Gasteiger partial charge in [0.2, 0.25) is 5.82 Å². The number of hydrogen-bond donors (Lipinski definition) is 1. The fourth-order valence-electron chi connectivity index (χ4n) is 3.02.